The zero-order valence-corrected chi connectivity index (χ0v) is 9.43. The van der Waals surface area contributed by atoms with Crippen molar-refractivity contribution < 1.29 is 4.74 Å². The van der Waals surface area contributed by atoms with E-state index in [1.54, 1.807) is 0 Å². The van der Waals surface area contributed by atoms with Crippen LogP contribution in [0.3, 0.4) is 0 Å². The van der Waals surface area contributed by atoms with Crippen LogP contribution in [0.25, 0.3) is 0 Å². The van der Waals surface area contributed by atoms with Gasteiger partial charge >= 0.3 is 0 Å². The van der Waals surface area contributed by atoms with E-state index in [1.807, 2.05) is 12.1 Å². The highest BCUT2D eigenvalue weighted by Gasteiger charge is 2.37. The summed E-state index contributed by atoms with van der Waals surface area (Å²) in [6.07, 6.45) is 3.42. The monoisotopic (exact) mass is 218 g/mol. The van der Waals surface area contributed by atoms with Crippen LogP contribution in [0, 0.1) is 0 Å². The maximum absolute atomic E-state index is 5.66. The summed E-state index contributed by atoms with van der Waals surface area (Å²) in [5.41, 5.74) is 7.88. The average Bonchev–Trinajstić information content (AvgIpc) is 2.28. The van der Waals surface area contributed by atoms with Crippen LogP contribution in [0.15, 0.2) is 24.3 Å². The van der Waals surface area contributed by atoms with Gasteiger partial charge in [-0.05, 0) is 24.1 Å². The van der Waals surface area contributed by atoms with Crippen LogP contribution in [0.5, 0.6) is 0 Å². The van der Waals surface area contributed by atoms with Gasteiger partial charge in [-0.2, -0.15) is 0 Å². The van der Waals surface area contributed by atoms with E-state index in [2.05, 4.69) is 17.0 Å². The molecule has 0 saturated carbocycles. The van der Waals surface area contributed by atoms with Gasteiger partial charge in [-0.1, -0.05) is 12.1 Å². The number of hydrogen-bond donors (Lipinski definition) is 1. The molecular weight excluding hydrogens is 200 g/mol. The molecule has 4 rings (SSSR count). The Morgan fingerprint density at radius 1 is 1.19 bits per heavy atom. The normalized spacial score (nSPS) is 28.8. The molecule has 2 N–H and O–H groups in total. The molecule has 0 amide bonds. The molecular formula is C13H18N2O. The molecule has 1 aromatic carbocycles. The third-order valence-corrected chi connectivity index (χ3v) is 3.53. The minimum Gasteiger partial charge on any atom is -0.399 e. The van der Waals surface area contributed by atoms with Crippen molar-refractivity contribution in [3.8, 4) is 0 Å². The van der Waals surface area contributed by atoms with E-state index in [4.69, 9.17) is 10.5 Å². The van der Waals surface area contributed by atoms with Gasteiger partial charge in [0.2, 0.25) is 0 Å². The van der Waals surface area contributed by atoms with Crippen LogP contribution in [0.2, 0.25) is 0 Å². The number of rotatable bonds is 3. The van der Waals surface area contributed by atoms with E-state index in [-0.39, 0.29) is 0 Å². The summed E-state index contributed by atoms with van der Waals surface area (Å²) in [6.45, 7) is 3.37. The van der Waals surface area contributed by atoms with Gasteiger partial charge in [0, 0.05) is 31.7 Å². The smallest absolute Gasteiger partial charge is 0.0731 e. The first-order valence-electron chi connectivity index (χ1n) is 6.02. The standard InChI is InChI=1S/C13H18N2O/c14-11-3-1-10(2-4-11)5-6-15-8-12-7-13(9-15)16-12/h1-4,12-13H,5-9,14H2. The van der Waals surface area contributed by atoms with E-state index in [0.717, 1.165) is 31.7 Å². The van der Waals surface area contributed by atoms with Gasteiger partial charge in [0.1, 0.15) is 0 Å². The SMILES string of the molecule is Nc1ccc(CCN2CC3CC(C2)O3)cc1. The van der Waals surface area contributed by atoms with Crippen molar-refractivity contribution in [3.63, 3.8) is 0 Å². The number of piperidine rings is 1. The molecule has 3 nitrogen and oxygen atoms in total. The third kappa shape index (κ3) is 2.06. The molecule has 3 aliphatic heterocycles. The Morgan fingerprint density at radius 3 is 2.44 bits per heavy atom. The fraction of sp³-hybridized carbons (Fsp3) is 0.538. The summed E-state index contributed by atoms with van der Waals surface area (Å²) in [6, 6.07) is 8.20. The van der Waals surface area contributed by atoms with Gasteiger partial charge in [0.05, 0.1) is 12.2 Å². The topological polar surface area (TPSA) is 38.5 Å². The largest absolute Gasteiger partial charge is 0.399 e. The Hall–Kier alpha value is -1.06. The molecule has 0 spiro atoms. The molecule has 86 valence electrons. The fourth-order valence-corrected chi connectivity index (χ4v) is 2.59. The summed E-state index contributed by atoms with van der Waals surface area (Å²) in [5.74, 6) is 0. The van der Waals surface area contributed by atoms with Crippen molar-refractivity contribution in [1.29, 1.82) is 0 Å². The van der Waals surface area contributed by atoms with Crippen LogP contribution >= 0.6 is 0 Å². The van der Waals surface area contributed by atoms with E-state index >= 15 is 0 Å². The molecule has 1 aromatic rings. The molecule has 3 saturated heterocycles. The molecule has 2 bridgehead atoms. The van der Waals surface area contributed by atoms with Gasteiger partial charge in [-0.3, -0.25) is 4.90 Å². The lowest BCUT2D eigenvalue weighted by molar-refractivity contribution is -0.180. The predicted molar refractivity (Wildman–Crippen MR) is 64.3 cm³/mol. The van der Waals surface area contributed by atoms with Gasteiger partial charge in [0.15, 0.2) is 0 Å². The summed E-state index contributed by atoms with van der Waals surface area (Å²) in [5, 5.41) is 0. The number of anilines is 1. The molecule has 0 aliphatic carbocycles. The van der Waals surface area contributed by atoms with Crippen LogP contribution in [-0.2, 0) is 11.2 Å². The fourth-order valence-electron chi connectivity index (χ4n) is 2.59. The van der Waals surface area contributed by atoms with Crippen molar-refractivity contribution >= 4 is 5.69 Å². The van der Waals surface area contributed by atoms with E-state index in [0.29, 0.717) is 12.2 Å². The maximum atomic E-state index is 5.66. The molecule has 3 fully saturated rings. The van der Waals surface area contributed by atoms with Crippen LogP contribution < -0.4 is 5.73 Å². The Kier molecular flexibility index (Phi) is 2.58. The lowest BCUT2D eigenvalue weighted by atomic mass is 9.98. The third-order valence-electron chi connectivity index (χ3n) is 3.53. The number of nitrogens with two attached hydrogens (primary N) is 1. The lowest BCUT2D eigenvalue weighted by Crippen LogP contribution is -2.57. The zero-order valence-electron chi connectivity index (χ0n) is 9.43. The number of nitrogens with zero attached hydrogens (tertiary/aromatic N) is 1. The summed E-state index contributed by atoms with van der Waals surface area (Å²) < 4.78 is 5.61. The highest BCUT2D eigenvalue weighted by atomic mass is 16.5. The Morgan fingerprint density at radius 2 is 1.81 bits per heavy atom. The molecule has 2 atom stereocenters. The van der Waals surface area contributed by atoms with Crippen LogP contribution in [-0.4, -0.2) is 36.7 Å². The first-order valence-corrected chi connectivity index (χ1v) is 6.02. The van der Waals surface area contributed by atoms with Gasteiger partial charge < -0.3 is 10.5 Å². The van der Waals surface area contributed by atoms with Crippen LogP contribution in [0.1, 0.15) is 12.0 Å². The van der Waals surface area contributed by atoms with Crippen molar-refractivity contribution in [3.05, 3.63) is 29.8 Å². The number of hydrogen-bond acceptors (Lipinski definition) is 3. The van der Waals surface area contributed by atoms with Gasteiger partial charge in [0.25, 0.3) is 0 Å². The molecule has 2 unspecified atom stereocenters. The Bertz CT molecular complexity index is 347. The number of ether oxygens (including phenoxy) is 1. The summed E-state index contributed by atoms with van der Waals surface area (Å²) in [4.78, 5) is 2.51. The van der Waals surface area contributed by atoms with Gasteiger partial charge in [-0.15, -0.1) is 0 Å². The second kappa shape index (κ2) is 4.07. The second-order valence-corrected chi connectivity index (χ2v) is 4.87. The van der Waals surface area contributed by atoms with E-state index in [9.17, 15) is 0 Å². The first kappa shape index (κ1) is 10.1. The second-order valence-electron chi connectivity index (χ2n) is 4.87. The summed E-state index contributed by atoms with van der Waals surface area (Å²) >= 11 is 0. The van der Waals surface area contributed by atoms with Crippen molar-refractivity contribution in [2.45, 2.75) is 25.0 Å². The molecule has 0 aromatic heterocycles. The predicted octanol–water partition coefficient (Wildman–Crippen LogP) is 1.28. The van der Waals surface area contributed by atoms with Gasteiger partial charge in [-0.25, -0.2) is 0 Å². The van der Waals surface area contributed by atoms with Crippen molar-refractivity contribution in [2.75, 3.05) is 25.4 Å². The number of nitrogen functional groups attached to an aromatic ring is 1. The minimum atomic E-state index is 0.519. The number of fused-ring (bicyclic) bond motifs is 2. The average molecular weight is 218 g/mol. The number of benzene rings is 1. The maximum Gasteiger partial charge on any atom is 0.0731 e. The lowest BCUT2D eigenvalue weighted by Gasteiger charge is -2.47. The van der Waals surface area contributed by atoms with Crippen molar-refractivity contribution in [1.82, 2.24) is 4.90 Å². The molecule has 16 heavy (non-hydrogen) atoms. The molecule has 3 heteroatoms. The van der Waals surface area contributed by atoms with E-state index < -0.39 is 0 Å². The Labute approximate surface area is 96.2 Å². The minimum absolute atomic E-state index is 0.519. The molecule has 0 radical (unpaired) electrons. The Balaban J connectivity index is 1.51. The van der Waals surface area contributed by atoms with Crippen molar-refractivity contribution in [2.24, 2.45) is 0 Å². The first-order chi connectivity index (χ1) is 7.79. The zero-order chi connectivity index (χ0) is 11.0. The molecule has 3 aliphatic rings. The summed E-state index contributed by atoms with van der Waals surface area (Å²) in [7, 11) is 0. The van der Waals surface area contributed by atoms with E-state index in [1.165, 1.54) is 12.0 Å². The number of morpholine rings is 1. The quantitative estimate of drug-likeness (QED) is 0.777. The molecule has 3 heterocycles. The highest BCUT2D eigenvalue weighted by Crippen LogP contribution is 2.27. The van der Waals surface area contributed by atoms with Crippen LogP contribution in [0.4, 0.5) is 5.69 Å². The highest BCUT2D eigenvalue weighted by molar-refractivity contribution is 5.39.